The Hall–Kier alpha value is -2.82. The Morgan fingerprint density at radius 1 is 1.07 bits per heavy atom. The van der Waals surface area contributed by atoms with Crippen LogP contribution >= 0.6 is 0 Å². The molecule has 0 aromatic heterocycles. The van der Waals surface area contributed by atoms with Crippen LogP contribution in [0.2, 0.25) is 0 Å². The molecule has 30 heavy (non-hydrogen) atoms. The van der Waals surface area contributed by atoms with Gasteiger partial charge in [-0.2, -0.15) is 0 Å². The topological polar surface area (TPSA) is 58.6 Å². The highest BCUT2D eigenvalue weighted by Gasteiger charge is 2.29. The number of carbonyl (C=O) groups excluding carboxylic acids is 2. The molecule has 0 aliphatic heterocycles. The van der Waals surface area contributed by atoms with Crippen molar-refractivity contribution < 1.29 is 14.3 Å². The van der Waals surface area contributed by atoms with E-state index in [1.54, 1.807) is 4.90 Å². The van der Waals surface area contributed by atoms with Crippen LogP contribution in [0.3, 0.4) is 0 Å². The summed E-state index contributed by atoms with van der Waals surface area (Å²) in [7, 11) is 0. The van der Waals surface area contributed by atoms with Crippen LogP contribution in [-0.2, 0) is 16.1 Å². The molecule has 1 atom stereocenters. The molecule has 0 saturated carbocycles. The van der Waals surface area contributed by atoms with E-state index < -0.39 is 6.04 Å². The van der Waals surface area contributed by atoms with Gasteiger partial charge in [-0.3, -0.25) is 9.59 Å². The van der Waals surface area contributed by atoms with Gasteiger partial charge in [-0.05, 0) is 48.9 Å². The van der Waals surface area contributed by atoms with Crippen molar-refractivity contribution in [2.24, 2.45) is 5.92 Å². The minimum absolute atomic E-state index is 0.106. The Kier molecular flexibility index (Phi) is 8.90. The van der Waals surface area contributed by atoms with Gasteiger partial charge in [0, 0.05) is 13.1 Å². The largest absolute Gasteiger partial charge is 0.483 e. The molecule has 0 fully saturated rings. The van der Waals surface area contributed by atoms with E-state index >= 15 is 0 Å². The smallest absolute Gasteiger partial charge is 0.261 e. The first-order valence-corrected chi connectivity index (χ1v) is 10.6. The molecule has 5 nitrogen and oxygen atoms in total. The van der Waals surface area contributed by atoms with Crippen LogP contribution < -0.4 is 10.1 Å². The molecule has 2 aromatic carbocycles. The van der Waals surface area contributed by atoms with Crippen molar-refractivity contribution in [3.63, 3.8) is 0 Å². The number of nitrogens with zero attached hydrogens (tertiary/aromatic N) is 1. The minimum Gasteiger partial charge on any atom is -0.483 e. The van der Waals surface area contributed by atoms with Gasteiger partial charge < -0.3 is 15.0 Å². The van der Waals surface area contributed by atoms with Crippen molar-refractivity contribution in [2.75, 3.05) is 13.2 Å². The number of benzene rings is 2. The molecule has 0 aliphatic carbocycles. The molecule has 2 rings (SSSR count). The number of carbonyl (C=O) groups is 2. The second kappa shape index (κ2) is 11.4. The van der Waals surface area contributed by atoms with Crippen molar-refractivity contribution >= 4 is 11.8 Å². The molecule has 2 aromatic rings. The summed E-state index contributed by atoms with van der Waals surface area (Å²) < 4.78 is 5.85. The Morgan fingerprint density at radius 2 is 1.77 bits per heavy atom. The van der Waals surface area contributed by atoms with E-state index in [0.717, 1.165) is 16.7 Å². The second-order valence-corrected chi connectivity index (χ2v) is 8.13. The van der Waals surface area contributed by atoms with Crippen LogP contribution in [0.25, 0.3) is 0 Å². The summed E-state index contributed by atoms with van der Waals surface area (Å²) in [6.07, 6.45) is 0.534. The maximum atomic E-state index is 13.2. The Labute approximate surface area is 180 Å². The molecule has 0 aliphatic rings. The predicted octanol–water partition coefficient (Wildman–Crippen LogP) is 4.26. The summed E-state index contributed by atoms with van der Waals surface area (Å²) in [6, 6.07) is 15.1. The summed E-state index contributed by atoms with van der Waals surface area (Å²) in [6.45, 7) is 10.8. The third-order valence-electron chi connectivity index (χ3n) is 4.96. The van der Waals surface area contributed by atoms with E-state index in [2.05, 4.69) is 5.32 Å². The number of nitrogens with one attached hydrogen (secondary N) is 1. The van der Waals surface area contributed by atoms with Crippen molar-refractivity contribution in [3.8, 4) is 5.75 Å². The Morgan fingerprint density at radius 3 is 2.40 bits per heavy atom. The van der Waals surface area contributed by atoms with Crippen LogP contribution in [-0.4, -0.2) is 35.9 Å². The van der Waals surface area contributed by atoms with Crippen molar-refractivity contribution in [2.45, 2.75) is 53.6 Å². The number of hydrogen-bond donors (Lipinski definition) is 1. The number of hydrogen-bond acceptors (Lipinski definition) is 3. The van der Waals surface area contributed by atoms with Crippen LogP contribution in [0.1, 0.15) is 43.9 Å². The van der Waals surface area contributed by atoms with E-state index in [9.17, 15) is 9.59 Å². The first-order chi connectivity index (χ1) is 14.3. The summed E-state index contributed by atoms with van der Waals surface area (Å²) in [5, 5.41) is 2.97. The average Bonchev–Trinajstić information content (AvgIpc) is 2.73. The summed E-state index contributed by atoms with van der Waals surface area (Å²) >= 11 is 0. The van der Waals surface area contributed by atoms with Gasteiger partial charge in [-0.25, -0.2) is 0 Å². The molecule has 0 bridgehead atoms. The quantitative estimate of drug-likeness (QED) is 0.637. The fourth-order valence-electron chi connectivity index (χ4n) is 3.21. The lowest BCUT2D eigenvalue weighted by atomic mass is 10.1. The average molecular weight is 411 g/mol. The van der Waals surface area contributed by atoms with Crippen LogP contribution in [0.5, 0.6) is 5.75 Å². The third kappa shape index (κ3) is 6.90. The maximum absolute atomic E-state index is 13.2. The highest BCUT2D eigenvalue weighted by molar-refractivity contribution is 5.88. The lowest BCUT2D eigenvalue weighted by Gasteiger charge is -2.31. The molecule has 5 heteroatoms. The van der Waals surface area contributed by atoms with Gasteiger partial charge in [-0.1, -0.05) is 63.2 Å². The van der Waals surface area contributed by atoms with Gasteiger partial charge >= 0.3 is 0 Å². The fourth-order valence-corrected chi connectivity index (χ4v) is 3.21. The van der Waals surface area contributed by atoms with Gasteiger partial charge in [0.1, 0.15) is 11.8 Å². The van der Waals surface area contributed by atoms with E-state index in [0.29, 0.717) is 31.2 Å². The molecule has 0 radical (unpaired) electrons. The van der Waals surface area contributed by atoms with E-state index in [-0.39, 0.29) is 18.4 Å². The van der Waals surface area contributed by atoms with Crippen LogP contribution in [0.4, 0.5) is 0 Å². The third-order valence-corrected chi connectivity index (χ3v) is 4.96. The van der Waals surface area contributed by atoms with E-state index in [4.69, 9.17) is 4.74 Å². The standard InChI is InChI=1S/C25H34N2O3/c1-6-22(25(29)26-15-18(2)3)27(16-21-10-8-7-9-11-21)24(28)17-30-23-14-19(4)12-13-20(23)5/h7-14,18,22H,6,15-17H2,1-5H3,(H,26,29). The lowest BCUT2D eigenvalue weighted by Crippen LogP contribution is -2.50. The van der Waals surface area contributed by atoms with Gasteiger partial charge in [-0.15, -0.1) is 0 Å². The normalized spacial score (nSPS) is 11.8. The maximum Gasteiger partial charge on any atom is 0.261 e. The SMILES string of the molecule is CCC(C(=O)NCC(C)C)N(Cc1ccccc1)C(=O)COc1cc(C)ccc1C. The predicted molar refractivity (Wildman–Crippen MR) is 120 cm³/mol. The number of ether oxygens (including phenoxy) is 1. The Bertz CT molecular complexity index is 834. The fraction of sp³-hybridized carbons (Fsp3) is 0.440. The number of amides is 2. The molecule has 1 unspecified atom stereocenters. The second-order valence-electron chi connectivity index (χ2n) is 8.13. The molecular formula is C25H34N2O3. The lowest BCUT2D eigenvalue weighted by molar-refractivity contribution is -0.143. The Balaban J connectivity index is 2.19. The molecule has 0 saturated heterocycles. The minimum atomic E-state index is -0.543. The molecule has 0 spiro atoms. The summed E-state index contributed by atoms with van der Waals surface area (Å²) in [4.78, 5) is 27.7. The van der Waals surface area contributed by atoms with E-state index in [1.165, 1.54) is 0 Å². The summed E-state index contributed by atoms with van der Waals surface area (Å²) in [5.41, 5.74) is 3.03. The first-order valence-electron chi connectivity index (χ1n) is 10.6. The number of rotatable bonds is 10. The number of aryl methyl sites for hydroxylation is 2. The molecule has 1 N–H and O–H groups in total. The van der Waals surface area contributed by atoms with Crippen molar-refractivity contribution in [3.05, 3.63) is 65.2 Å². The molecule has 0 heterocycles. The van der Waals surface area contributed by atoms with Crippen molar-refractivity contribution in [1.29, 1.82) is 0 Å². The van der Waals surface area contributed by atoms with Crippen LogP contribution in [0.15, 0.2) is 48.5 Å². The van der Waals surface area contributed by atoms with E-state index in [1.807, 2.05) is 83.1 Å². The van der Waals surface area contributed by atoms with Crippen LogP contribution in [0, 0.1) is 19.8 Å². The molecular weight excluding hydrogens is 376 g/mol. The van der Waals surface area contributed by atoms with Gasteiger partial charge in [0.15, 0.2) is 6.61 Å². The van der Waals surface area contributed by atoms with Gasteiger partial charge in [0.2, 0.25) is 5.91 Å². The monoisotopic (exact) mass is 410 g/mol. The zero-order chi connectivity index (χ0) is 22.1. The van der Waals surface area contributed by atoms with Gasteiger partial charge in [0.05, 0.1) is 0 Å². The first kappa shape index (κ1) is 23.5. The highest BCUT2D eigenvalue weighted by Crippen LogP contribution is 2.20. The molecule has 162 valence electrons. The molecule has 2 amide bonds. The zero-order valence-electron chi connectivity index (χ0n) is 18.8. The van der Waals surface area contributed by atoms with Crippen molar-refractivity contribution in [1.82, 2.24) is 10.2 Å². The summed E-state index contributed by atoms with van der Waals surface area (Å²) in [5.74, 6) is 0.714. The van der Waals surface area contributed by atoms with Gasteiger partial charge in [0.25, 0.3) is 5.91 Å². The highest BCUT2D eigenvalue weighted by atomic mass is 16.5. The zero-order valence-corrected chi connectivity index (χ0v) is 18.8.